The third-order valence-electron chi connectivity index (χ3n) is 2.29. The first kappa shape index (κ1) is 14.1. The van der Waals surface area contributed by atoms with Crippen LogP contribution in [-0.4, -0.2) is 20.3 Å². The molecule has 18 heavy (non-hydrogen) atoms. The fourth-order valence-electron chi connectivity index (χ4n) is 1.47. The van der Waals surface area contributed by atoms with E-state index in [4.69, 9.17) is 24.6 Å². The van der Waals surface area contributed by atoms with Gasteiger partial charge in [-0.1, -0.05) is 28.1 Å². The number of carbonyl (C=O) groups is 1. The fraction of sp³-hybridized carbons (Fsp3) is 0.0909. The highest BCUT2D eigenvalue weighted by Gasteiger charge is 2.11. The predicted molar refractivity (Wildman–Crippen MR) is 72.9 cm³/mol. The number of hydrogen-bond acceptors (Lipinski definition) is 4. The first-order valence-electron chi connectivity index (χ1n) is 4.91. The Kier molecular flexibility index (Phi) is 4.80. The Labute approximate surface area is 114 Å². The Bertz CT molecular complexity index is 619. The standard InChI is InChI=1S/C11H10BBrN4O/c12-11(16)6-2-1-3-7(13)9(6)10(15)8(4-14)17-5-18/h1-3,5,8H,15-16H2,(H,17,18)/b10-9+,11-6-. The van der Waals surface area contributed by atoms with E-state index < -0.39 is 6.04 Å². The first-order chi connectivity index (χ1) is 8.52. The third kappa shape index (κ3) is 2.84. The zero-order valence-corrected chi connectivity index (χ0v) is 10.9. The van der Waals surface area contributed by atoms with Crippen molar-refractivity contribution < 1.29 is 4.79 Å². The van der Waals surface area contributed by atoms with Gasteiger partial charge in [-0.25, -0.2) is 0 Å². The number of nitrogens with zero attached hydrogens (tertiary/aromatic N) is 1. The Hall–Kier alpha value is -1.94. The number of benzene rings is 1. The van der Waals surface area contributed by atoms with Gasteiger partial charge in [-0.05, 0) is 16.9 Å². The van der Waals surface area contributed by atoms with Gasteiger partial charge in [-0.15, -0.1) is 0 Å². The van der Waals surface area contributed by atoms with Gasteiger partial charge in [0.2, 0.25) is 6.41 Å². The van der Waals surface area contributed by atoms with Crippen molar-refractivity contribution in [2.75, 3.05) is 0 Å². The van der Waals surface area contributed by atoms with Crippen LogP contribution in [0.15, 0.2) is 22.7 Å². The molecule has 1 amide bonds. The fourth-order valence-corrected chi connectivity index (χ4v) is 2.06. The second-order valence-electron chi connectivity index (χ2n) is 3.42. The number of rotatable bonds is 3. The normalized spacial score (nSPS) is 15.1. The minimum atomic E-state index is -0.945. The molecule has 0 saturated heterocycles. The molecule has 90 valence electrons. The topological polar surface area (TPSA) is 105 Å². The molecule has 0 spiro atoms. The second-order valence-corrected chi connectivity index (χ2v) is 4.27. The number of amides is 1. The van der Waals surface area contributed by atoms with E-state index in [1.165, 1.54) is 0 Å². The number of nitrogens with one attached hydrogen (secondary N) is 1. The Morgan fingerprint density at radius 1 is 1.56 bits per heavy atom. The summed E-state index contributed by atoms with van der Waals surface area (Å²) in [6.45, 7) is 0. The van der Waals surface area contributed by atoms with Crippen LogP contribution in [0.5, 0.6) is 0 Å². The maximum atomic E-state index is 10.4. The van der Waals surface area contributed by atoms with E-state index in [-0.39, 0.29) is 11.3 Å². The molecule has 5 N–H and O–H groups in total. The van der Waals surface area contributed by atoms with Crippen LogP contribution in [0.4, 0.5) is 0 Å². The molecule has 1 atom stereocenters. The average molecular weight is 305 g/mol. The third-order valence-corrected chi connectivity index (χ3v) is 2.95. The summed E-state index contributed by atoms with van der Waals surface area (Å²) < 4.78 is 0.638. The average Bonchev–Trinajstić information content (AvgIpc) is 2.34. The largest absolute Gasteiger partial charge is 0.410 e. The molecule has 0 saturated carbocycles. The molecule has 1 aromatic carbocycles. The minimum Gasteiger partial charge on any atom is -0.410 e. The van der Waals surface area contributed by atoms with Crippen LogP contribution in [-0.2, 0) is 4.79 Å². The smallest absolute Gasteiger partial charge is 0.208 e. The molecule has 1 unspecified atom stereocenters. The van der Waals surface area contributed by atoms with Gasteiger partial charge in [0.05, 0.1) is 11.8 Å². The van der Waals surface area contributed by atoms with Crippen molar-refractivity contribution >= 4 is 41.5 Å². The molecular weight excluding hydrogens is 295 g/mol. The van der Waals surface area contributed by atoms with Crippen LogP contribution in [0.2, 0.25) is 0 Å². The summed E-state index contributed by atoms with van der Waals surface area (Å²) in [5.74, 6) is 0. The second kappa shape index (κ2) is 6.12. The monoisotopic (exact) mass is 304 g/mol. The van der Waals surface area contributed by atoms with Gasteiger partial charge in [-0.3, -0.25) is 4.79 Å². The molecule has 0 fully saturated rings. The summed E-state index contributed by atoms with van der Waals surface area (Å²) in [5.41, 5.74) is 11.7. The molecule has 7 heteroatoms. The molecule has 2 radical (unpaired) electrons. The Balaban J connectivity index is 3.73. The van der Waals surface area contributed by atoms with E-state index in [1.807, 2.05) is 6.07 Å². The minimum absolute atomic E-state index is 0.0806. The summed E-state index contributed by atoms with van der Waals surface area (Å²) in [7, 11) is 5.57. The zero-order valence-electron chi connectivity index (χ0n) is 9.35. The SMILES string of the molecule is [B]/C(N)=c1\cccc(Br)\c1=C(\N)C(C#N)NC=O. The number of halogens is 1. The van der Waals surface area contributed by atoms with Gasteiger partial charge >= 0.3 is 0 Å². The molecule has 0 aliphatic carbocycles. The first-order valence-corrected chi connectivity index (χ1v) is 5.71. The molecule has 0 heterocycles. The Morgan fingerprint density at radius 2 is 2.22 bits per heavy atom. The van der Waals surface area contributed by atoms with Crippen molar-refractivity contribution in [1.82, 2.24) is 5.32 Å². The summed E-state index contributed by atoms with van der Waals surface area (Å²) in [6, 6.07) is 6.09. The van der Waals surface area contributed by atoms with Gasteiger partial charge in [-0.2, -0.15) is 5.26 Å². The highest BCUT2D eigenvalue weighted by molar-refractivity contribution is 9.10. The lowest BCUT2D eigenvalue weighted by molar-refractivity contribution is -0.109. The summed E-state index contributed by atoms with van der Waals surface area (Å²) in [6.07, 6.45) is 0.410. The van der Waals surface area contributed by atoms with Crippen LogP contribution >= 0.6 is 15.9 Å². The van der Waals surface area contributed by atoms with Gasteiger partial charge < -0.3 is 16.8 Å². The zero-order chi connectivity index (χ0) is 13.7. The molecule has 1 aromatic rings. The van der Waals surface area contributed by atoms with Crippen molar-refractivity contribution in [3.63, 3.8) is 0 Å². The molecular formula is C11H10BBrN4O. The van der Waals surface area contributed by atoms with Crippen LogP contribution in [0.25, 0.3) is 11.3 Å². The number of nitrogens with two attached hydrogens (primary N) is 2. The highest BCUT2D eigenvalue weighted by Crippen LogP contribution is 2.02. The van der Waals surface area contributed by atoms with Gasteiger partial charge in [0.15, 0.2) is 6.04 Å². The van der Waals surface area contributed by atoms with Crippen LogP contribution < -0.4 is 27.2 Å². The summed E-state index contributed by atoms with van der Waals surface area (Å²) in [4.78, 5) is 10.4. The Morgan fingerprint density at radius 3 is 2.72 bits per heavy atom. The predicted octanol–water partition coefficient (Wildman–Crippen LogP) is -1.65. The quantitative estimate of drug-likeness (QED) is 0.459. The maximum Gasteiger partial charge on any atom is 0.208 e. The number of hydrogen-bond donors (Lipinski definition) is 3. The van der Waals surface area contributed by atoms with Gasteiger partial charge in [0.25, 0.3) is 0 Å². The van der Waals surface area contributed by atoms with E-state index in [0.717, 1.165) is 0 Å². The van der Waals surface area contributed by atoms with Crippen LogP contribution in [0.1, 0.15) is 0 Å². The summed E-state index contributed by atoms with van der Waals surface area (Å²) >= 11 is 3.31. The van der Waals surface area contributed by atoms with Gasteiger partial charge in [0, 0.05) is 9.69 Å². The van der Waals surface area contributed by atoms with Gasteiger partial charge in [0.1, 0.15) is 7.85 Å². The van der Waals surface area contributed by atoms with Crippen molar-refractivity contribution in [3.8, 4) is 6.07 Å². The summed E-state index contributed by atoms with van der Waals surface area (Å²) in [5, 5.41) is 12.3. The highest BCUT2D eigenvalue weighted by atomic mass is 79.9. The molecule has 0 aliphatic heterocycles. The van der Waals surface area contributed by atoms with E-state index in [9.17, 15) is 4.79 Å². The number of carbonyl (C=O) groups excluding carboxylic acids is 1. The molecule has 5 nitrogen and oxygen atoms in total. The van der Waals surface area contributed by atoms with Crippen LogP contribution in [0.3, 0.4) is 0 Å². The van der Waals surface area contributed by atoms with Crippen molar-refractivity contribution in [2.45, 2.75) is 6.04 Å². The molecule has 0 aliphatic rings. The lowest BCUT2D eigenvalue weighted by atomic mass is 9.99. The van der Waals surface area contributed by atoms with E-state index in [2.05, 4.69) is 21.2 Å². The lowest BCUT2D eigenvalue weighted by Crippen LogP contribution is -2.42. The number of nitriles is 1. The van der Waals surface area contributed by atoms with Crippen molar-refractivity contribution in [1.29, 1.82) is 5.26 Å². The molecule has 0 aromatic heterocycles. The van der Waals surface area contributed by atoms with E-state index in [1.54, 1.807) is 18.2 Å². The van der Waals surface area contributed by atoms with Crippen molar-refractivity contribution in [3.05, 3.63) is 33.1 Å². The lowest BCUT2D eigenvalue weighted by Gasteiger charge is -2.10. The van der Waals surface area contributed by atoms with Crippen molar-refractivity contribution in [2.24, 2.45) is 11.5 Å². The molecule has 1 rings (SSSR count). The van der Waals surface area contributed by atoms with E-state index >= 15 is 0 Å². The molecule has 0 bridgehead atoms. The van der Waals surface area contributed by atoms with Crippen LogP contribution in [0, 0.1) is 11.3 Å². The van der Waals surface area contributed by atoms with E-state index in [0.29, 0.717) is 21.3 Å². The maximum absolute atomic E-state index is 10.4.